The van der Waals surface area contributed by atoms with Crippen LogP contribution in [0.4, 0.5) is 28.9 Å². The molecule has 2 unspecified atom stereocenters. The number of aliphatic hydroxyl groups is 1. The van der Waals surface area contributed by atoms with E-state index in [1.165, 1.54) is 4.31 Å². The number of hydrogen-bond donors (Lipinski definition) is 6. The first kappa shape index (κ1) is 33.5. The number of benzene rings is 3. The zero-order chi connectivity index (χ0) is 31.9. The first-order valence-corrected chi connectivity index (χ1v) is 16.1. The highest BCUT2D eigenvalue weighted by atomic mass is 32.3. The Morgan fingerprint density at radius 2 is 1.77 bits per heavy atom. The van der Waals surface area contributed by atoms with Crippen molar-refractivity contribution in [3.05, 3.63) is 94.8 Å². The average molecular weight is 639 g/mol. The summed E-state index contributed by atoms with van der Waals surface area (Å²) in [6.45, 7) is 2.65. The molecule has 6 N–H and O–H groups in total. The van der Waals surface area contributed by atoms with Crippen molar-refractivity contribution in [2.45, 2.75) is 51.1 Å². The molecule has 44 heavy (non-hydrogen) atoms. The second kappa shape index (κ2) is 14.6. The molecule has 0 saturated carbocycles. The van der Waals surface area contributed by atoms with Crippen LogP contribution in [0.2, 0.25) is 0 Å². The molecule has 3 aromatic rings. The van der Waals surface area contributed by atoms with Crippen LogP contribution in [0.3, 0.4) is 0 Å². The van der Waals surface area contributed by atoms with E-state index >= 15 is 0 Å². The lowest BCUT2D eigenvalue weighted by Gasteiger charge is -2.47. The minimum Gasteiger partial charge on any atom is -0.390 e. The van der Waals surface area contributed by atoms with Gasteiger partial charge in [-0.3, -0.25) is 18.2 Å². The van der Waals surface area contributed by atoms with Crippen molar-refractivity contribution < 1.29 is 36.6 Å². The van der Waals surface area contributed by atoms with E-state index in [0.717, 1.165) is 24.1 Å². The summed E-state index contributed by atoms with van der Waals surface area (Å²) in [5.41, 5.74) is 1.14. The van der Waals surface area contributed by atoms with Crippen molar-refractivity contribution in [3.63, 3.8) is 0 Å². The quantitative estimate of drug-likeness (QED) is 0.134. The van der Waals surface area contributed by atoms with Crippen molar-refractivity contribution in [2.24, 2.45) is 0 Å². The Balaban J connectivity index is 1.52. The summed E-state index contributed by atoms with van der Waals surface area (Å²) in [6, 6.07) is 15.6. The number of nitrogens with zero attached hydrogens (tertiary/aromatic N) is 1. The van der Waals surface area contributed by atoms with E-state index in [2.05, 4.69) is 16.0 Å². The van der Waals surface area contributed by atoms with Crippen molar-refractivity contribution in [1.82, 2.24) is 10.6 Å². The third kappa shape index (κ3) is 9.08. The maximum atomic E-state index is 13.8. The molecule has 0 aliphatic carbocycles. The molecule has 1 fully saturated rings. The Labute approximate surface area is 256 Å². The first-order valence-electron chi connectivity index (χ1n) is 14.4. The highest BCUT2D eigenvalue weighted by Crippen LogP contribution is 2.50. The Morgan fingerprint density at radius 3 is 2.45 bits per heavy atom. The monoisotopic (exact) mass is 638 g/mol. The maximum Gasteiger partial charge on any atom is 0.416 e. The number of rotatable bonds is 12. The molecule has 2 atom stereocenters. The molecule has 4 rings (SSSR count). The van der Waals surface area contributed by atoms with E-state index in [0.29, 0.717) is 37.0 Å². The lowest BCUT2D eigenvalue weighted by Crippen LogP contribution is -2.48. The molecular weight excluding hydrogens is 600 g/mol. The van der Waals surface area contributed by atoms with Crippen LogP contribution in [0.15, 0.2) is 66.7 Å². The van der Waals surface area contributed by atoms with Crippen LogP contribution in [0.25, 0.3) is 0 Å². The van der Waals surface area contributed by atoms with Gasteiger partial charge in [0.25, 0.3) is 5.91 Å². The molecule has 0 radical (unpaired) electrons. The van der Waals surface area contributed by atoms with Gasteiger partial charge in [0.15, 0.2) is 0 Å². The summed E-state index contributed by atoms with van der Waals surface area (Å²) in [5.74, 6) is -1.28. The molecule has 0 spiro atoms. The zero-order valence-electron chi connectivity index (χ0n) is 24.3. The van der Waals surface area contributed by atoms with E-state index in [9.17, 15) is 36.6 Å². The number of carbonyl (C=O) groups excluding carboxylic acids is 1. The average Bonchev–Trinajstić information content (AvgIpc) is 2.96. The molecule has 1 heterocycles. The fourth-order valence-electron chi connectivity index (χ4n) is 5.12. The normalized spacial score (nSPS) is 17.0. The van der Waals surface area contributed by atoms with E-state index in [1.807, 2.05) is 37.3 Å². The second-order valence-electron chi connectivity index (χ2n) is 10.8. The van der Waals surface area contributed by atoms with E-state index < -0.39 is 46.4 Å². The molecule has 8 nitrogen and oxygen atoms in total. The summed E-state index contributed by atoms with van der Waals surface area (Å²) in [7, 11) is -3.04. The van der Waals surface area contributed by atoms with E-state index in [1.54, 1.807) is 18.2 Å². The van der Waals surface area contributed by atoms with Crippen LogP contribution < -0.4 is 20.3 Å². The lowest BCUT2D eigenvalue weighted by molar-refractivity contribution is -0.137. The van der Waals surface area contributed by atoms with E-state index in [4.69, 9.17) is 0 Å². The van der Waals surface area contributed by atoms with Gasteiger partial charge in [0.1, 0.15) is 5.82 Å². The Kier molecular flexibility index (Phi) is 11.1. The Bertz CT molecular complexity index is 1410. The highest BCUT2D eigenvalue weighted by Gasteiger charge is 2.32. The molecule has 3 aromatic carbocycles. The summed E-state index contributed by atoms with van der Waals surface area (Å²) in [6.07, 6.45) is -4.15. The number of hydrogen-bond acceptors (Lipinski definition) is 7. The number of aliphatic hydroxyl groups excluding tert-OH is 1. The molecule has 1 amide bonds. The summed E-state index contributed by atoms with van der Waals surface area (Å²) < 4.78 is 76.1. The number of nitrogens with one attached hydrogen (secondary N) is 3. The van der Waals surface area contributed by atoms with Crippen molar-refractivity contribution in [2.75, 3.05) is 35.0 Å². The number of alkyl halides is 3. The van der Waals surface area contributed by atoms with Crippen molar-refractivity contribution >= 4 is 28.1 Å². The molecule has 1 aliphatic heterocycles. The van der Waals surface area contributed by atoms with Crippen LogP contribution in [-0.4, -0.2) is 57.7 Å². The molecule has 1 aliphatic rings. The summed E-state index contributed by atoms with van der Waals surface area (Å²) >= 11 is 0. The second-order valence-corrected chi connectivity index (χ2v) is 12.9. The van der Waals surface area contributed by atoms with Gasteiger partial charge < -0.3 is 21.1 Å². The van der Waals surface area contributed by atoms with Gasteiger partial charge in [0.2, 0.25) is 0 Å². The van der Waals surface area contributed by atoms with E-state index in [-0.39, 0.29) is 36.4 Å². The summed E-state index contributed by atoms with van der Waals surface area (Å²) in [5, 5.41) is 20.1. The van der Waals surface area contributed by atoms with Gasteiger partial charge in [-0.05, 0) is 73.7 Å². The van der Waals surface area contributed by atoms with Crippen molar-refractivity contribution in [3.8, 4) is 0 Å². The van der Waals surface area contributed by atoms with Crippen LogP contribution in [-0.2, 0) is 19.1 Å². The predicted octanol–water partition coefficient (Wildman–Crippen LogP) is 6.03. The van der Waals surface area contributed by atoms with Crippen LogP contribution >= 0.6 is 10.8 Å². The first-order chi connectivity index (χ1) is 20.9. The highest BCUT2D eigenvalue weighted by molar-refractivity contribution is 8.25. The fourth-order valence-corrected chi connectivity index (χ4v) is 6.80. The number of carbonyl (C=O) groups is 1. The van der Waals surface area contributed by atoms with Crippen LogP contribution in [0.1, 0.15) is 46.8 Å². The van der Waals surface area contributed by atoms with Gasteiger partial charge in [-0.15, -0.1) is 10.8 Å². The summed E-state index contributed by atoms with van der Waals surface area (Å²) in [4.78, 5) is 13.6. The molecule has 1 saturated heterocycles. The predicted molar refractivity (Wildman–Crippen MR) is 165 cm³/mol. The topological polar surface area (TPSA) is 117 Å². The third-order valence-corrected chi connectivity index (χ3v) is 9.21. The minimum absolute atomic E-state index is 0.0598. The number of amides is 1. The molecule has 0 aromatic heterocycles. The standard InChI is InChI=1S/C31H38F4N4O4S/c1-2-37-26-15-23(16-27(18-26)39-10-6-7-11-44(39,42)43)30(41)38-28(14-21-8-4-3-5-9-21)29(40)20-36-19-22-12-24(31(33,34)35)17-25(32)13-22/h3-5,8-9,12-13,15-18,28-29,36-37,40,42-43H,2,6-7,10-11,14,19-20H2,1H3,(H,38,41). The largest absolute Gasteiger partial charge is 0.416 e. The molecule has 0 bridgehead atoms. The molecule has 240 valence electrons. The Morgan fingerprint density at radius 1 is 1.02 bits per heavy atom. The van der Waals surface area contributed by atoms with Gasteiger partial charge in [0.05, 0.1) is 29.1 Å². The zero-order valence-corrected chi connectivity index (χ0v) is 25.1. The SMILES string of the molecule is CCNc1cc(C(=O)NC(Cc2ccccc2)C(O)CNCc2cc(F)cc(C(F)(F)F)c2)cc(N2CCCCS2(O)O)c1. The minimum atomic E-state index is -4.70. The fraction of sp³-hybridized carbons (Fsp3) is 0.387. The smallest absolute Gasteiger partial charge is 0.390 e. The maximum absolute atomic E-state index is 13.8. The number of anilines is 2. The number of halogens is 4. The lowest BCUT2D eigenvalue weighted by atomic mass is 10.00. The van der Waals surface area contributed by atoms with Crippen LogP contribution in [0.5, 0.6) is 0 Å². The van der Waals surface area contributed by atoms with Gasteiger partial charge >= 0.3 is 6.18 Å². The van der Waals surface area contributed by atoms with Crippen LogP contribution in [0, 0.1) is 5.82 Å². The van der Waals surface area contributed by atoms with Gasteiger partial charge in [-0.1, -0.05) is 30.3 Å². The van der Waals surface area contributed by atoms with Crippen molar-refractivity contribution in [1.29, 1.82) is 0 Å². The molecule has 13 heteroatoms. The third-order valence-electron chi connectivity index (χ3n) is 7.28. The van der Waals surface area contributed by atoms with Gasteiger partial charge in [-0.2, -0.15) is 13.2 Å². The van der Waals surface area contributed by atoms with Gasteiger partial charge in [-0.25, -0.2) is 4.39 Å². The Hall–Kier alpha value is -3.36. The van der Waals surface area contributed by atoms with Gasteiger partial charge in [0, 0.05) is 37.4 Å². The molecular formula is C31H38F4N4O4S.